The maximum absolute atomic E-state index is 12.5. The van der Waals surface area contributed by atoms with Crippen LogP contribution in [0.5, 0.6) is 0 Å². The molecule has 18 heavy (non-hydrogen) atoms. The van der Waals surface area contributed by atoms with Crippen LogP contribution in [0, 0.1) is 35.5 Å². The molecule has 4 fully saturated rings. The second kappa shape index (κ2) is 4.61. The van der Waals surface area contributed by atoms with Gasteiger partial charge < -0.3 is 5.32 Å². The van der Waals surface area contributed by atoms with E-state index in [-0.39, 0.29) is 5.41 Å². The summed E-state index contributed by atoms with van der Waals surface area (Å²) in [4.78, 5) is 12.5. The number of nitrogens with one attached hydrogen (secondary N) is 1. The largest absolute Gasteiger partial charge is 0.356 e. The lowest BCUT2D eigenvalue weighted by molar-refractivity contribution is -0.146. The molecule has 0 aromatic carbocycles. The maximum atomic E-state index is 12.5. The lowest BCUT2D eigenvalue weighted by Crippen LogP contribution is -2.53. The summed E-state index contributed by atoms with van der Waals surface area (Å²) in [6.45, 7) is 0.755. The maximum Gasteiger partial charge on any atom is 0.226 e. The molecule has 2 nitrogen and oxygen atoms in total. The van der Waals surface area contributed by atoms with Crippen molar-refractivity contribution in [2.75, 3.05) is 6.54 Å². The zero-order valence-electron chi connectivity index (χ0n) is 11.1. The highest BCUT2D eigenvalue weighted by molar-refractivity contribution is 5.83. The van der Waals surface area contributed by atoms with Gasteiger partial charge in [-0.05, 0) is 62.7 Å². The fourth-order valence-electron chi connectivity index (χ4n) is 4.97. The van der Waals surface area contributed by atoms with Gasteiger partial charge in [-0.1, -0.05) is 0 Å². The van der Waals surface area contributed by atoms with Crippen LogP contribution in [0.4, 0.5) is 0 Å². The third kappa shape index (κ3) is 2.05. The number of amides is 1. The molecule has 0 radical (unpaired) electrons. The van der Waals surface area contributed by atoms with Gasteiger partial charge in [0, 0.05) is 18.4 Å². The average Bonchev–Trinajstić information content (AvgIpc) is 2.32. The summed E-state index contributed by atoms with van der Waals surface area (Å²) < 4.78 is 0. The summed E-state index contributed by atoms with van der Waals surface area (Å²) in [5.74, 6) is 5.48. The van der Waals surface area contributed by atoms with Crippen molar-refractivity contribution in [2.45, 2.75) is 51.4 Å². The van der Waals surface area contributed by atoms with Gasteiger partial charge in [0.15, 0.2) is 0 Å². The number of hydrogen-bond acceptors (Lipinski definition) is 1. The van der Waals surface area contributed by atoms with Crippen LogP contribution in [0.15, 0.2) is 0 Å². The second-order valence-corrected chi connectivity index (χ2v) is 6.76. The van der Waals surface area contributed by atoms with Crippen LogP contribution >= 0.6 is 0 Å². The van der Waals surface area contributed by atoms with E-state index in [0.717, 1.165) is 56.4 Å². The van der Waals surface area contributed by atoms with E-state index < -0.39 is 0 Å². The first-order chi connectivity index (χ1) is 8.72. The number of carbonyl (C=O) groups excluding carboxylic acids is 1. The molecule has 1 amide bonds. The molecule has 0 aromatic rings. The number of hydrogen-bond donors (Lipinski definition) is 1. The fraction of sp³-hybridized carbons (Fsp3) is 0.812. The fourth-order valence-corrected chi connectivity index (χ4v) is 4.97. The molecule has 4 aliphatic rings. The summed E-state index contributed by atoms with van der Waals surface area (Å²) in [6.07, 6.45) is 14.5. The van der Waals surface area contributed by atoms with E-state index in [1.165, 1.54) is 19.3 Å². The summed E-state index contributed by atoms with van der Waals surface area (Å²) in [5, 5.41) is 3.14. The van der Waals surface area contributed by atoms with Gasteiger partial charge in [0.2, 0.25) is 5.91 Å². The smallest absolute Gasteiger partial charge is 0.226 e. The summed E-state index contributed by atoms with van der Waals surface area (Å²) >= 11 is 0. The molecule has 0 atom stereocenters. The first-order valence-corrected chi connectivity index (χ1v) is 7.43. The van der Waals surface area contributed by atoms with Crippen molar-refractivity contribution in [3.8, 4) is 12.3 Å². The molecule has 0 heterocycles. The van der Waals surface area contributed by atoms with Gasteiger partial charge >= 0.3 is 0 Å². The van der Waals surface area contributed by atoms with Crippen LogP contribution in [-0.2, 0) is 4.79 Å². The number of unbranched alkanes of at least 4 members (excludes halogenated alkanes) is 1. The molecule has 98 valence electrons. The number of terminal acetylenes is 1. The third-order valence-corrected chi connectivity index (χ3v) is 5.30. The molecular formula is C16H23NO. The zero-order chi connectivity index (χ0) is 12.6. The Morgan fingerprint density at radius 1 is 1.17 bits per heavy atom. The molecule has 1 N–H and O–H groups in total. The molecule has 4 aliphatic carbocycles. The number of rotatable bonds is 4. The van der Waals surface area contributed by atoms with E-state index in [9.17, 15) is 4.79 Å². The Balaban J connectivity index is 1.61. The van der Waals surface area contributed by atoms with Crippen LogP contribution in [-0.4, -0.2) is 12.5 Å². The number of carbonyl (C=O) groups is 1. The summed E-state index contributed by atoms with van der Waals surface area (Å²) in [6, 6.07) is 0. The molecular weight excluding hydrogens is 222 g/mol. The van der Waals surface area contributed by atoms with Crippen LogP contribution in [0.3, 0.4) is 0 Å². The normalized spacial score (nSPS) is 40.5. The molecule has 0 aliphatic heterocycles. The highest BCUT2D eigenvalue weighted by atomic mass is 16.2. The van der Waals surface area contributed by atoms with Gasteiger partial charge in [-0.2, -0.15) is 0 Å². The molecule has 0 spiro atoms. The first-order valence-electron chi connectivity index (χ1n) is 7.43. The van der Waals surface area contributed by atoms with Gasteiger partial charge in [0.1, 0.15) is 0 Å². The highest BCUT2D eigenvalue weighted by Crippen LogP contribution is 2.60. The predicted molar refractivity (Wildman–Crippen MR) is 71.7 cm³/mol. The molecule has 0 saturated heterocycles. The molecule has 4 rings (SSSR count). The Morgan fingerprint density at radius 2 is 1.72 bits per heavy atom. The summed E-state index contributed by atoms with van der Waals surface area (Å²) in [5.41, 5.74) is 0.00485. The molecule has 0 unspecified atom stereocenters. The minimum Gasteiger partial charge on any atom is -0.356 e. The standard InChI is InChI=1S/C16H23NO/c1-2-3-4-5-17-15(18)16-9-12-6-13(10-16)8-14(7-12)11-16/h1,12-14H,3-11H2,(H,17,18). The van der Waals surface area contributed by atoms with Crippen molar-refractivity contribution < 1.29 is 4.79 Å². The van der Waals surface area contributed by atoms with E-state index in [4.69, 9.17) is 6.42 Å². The lowest BCUT2D eigenvalue weighted by atomic mass is 9.49. The minimum atomic E-state index is 0.00485. The predicted octanol–water partition coefficient (Wildman–Crippen LogP) is 2.73. The van der Waals surface area contributed by atoms with Crippen molar-refractivity contribution in [3.05, 3.63) is 0 Å². The molecule has 4 bridgehead atoms. The minimum absolute atomic E-state index is 0.00485. The highest BCUT2D eigenvalue weighted by Gasteiger charge is 2.54. The Bertz CT molecular complexity index is 344. The van der Waals surface area contributed by atoms with E-state index >= 15 is 0 Å². The van der Waals surface area contributed by atoms with Crippen LogP contribution in [0.2, 0.25) is 0 Å². The van der Waals surface area contributed by atoms with Gasteiger partial charge in [0.05, 0.1) is 0 Å². The molecule has 2 heteroatoms. The van der Waals surface area contributed by atoms with Crippen LogP contribution < -0.4 is 5.32 Å². The second-order valence-electron chi connectivity index (χ2n) is 6.76. The topological polar surface area (TPSA) is 29.1 Å². The molecule has 0 aromatic heterocycles. The van der Waals surface area contributed by atoms with Crippen LogP contribution in [0.1, 0.15) is 51.4 Å². The molecule has 4 saturated carbocycles. The lowest BCUT2D eigenvalue weighted by Gasteiger charge is -2.55. The van der Waals surface area contributed by atoms with Gasteiger partial charge in [-0.15, -0.1) is 12.3 Å². The van der Waals surface area contributed by atoms with E-state index in [1.807, 2.05) is 0 Å². The Kier molecular flexibility index (Phi) is 3.09. The van der Waals surface area contributed by atoms with E-state index in [2.05, 4.69) is 11.2 Å². The zero-order valence-corrected chi connectivity index (χ0v) is 11.1. The Morgan fingerprint density at radius 3 is 2.22 bits per heavy atom. The van der Waals surface area contributed by atoms with E-state index in [0.29, 0.717) is 5.91 Å². The Labute approximate surface area is 110 Å². The van der Waals surface area contributed by atoms with Crippen molar-refractivity contribution in [2.24, 2.45) is 23.2 Å². The summed E-state index contributed by atoms with van der Waals surface area (Å²) in [7, 11) is 0. The SMILES string of the molecule is C#CCCCNC(=O)C12CC3CC(CC(C3)C1)C2. The van der Waals surface area contributed by atoms with Crippen molar-refractivity contribution in [3.63, 3.8) is 0 Å². The van der Waals surface area contributed by atoms with Crippen molar-refractivity contribution in [1.29, 1.82) is 0 Å². The first kappa shape index (κ1) is 12.1. The average molecular weight is 245 g/mol. The van der Waals surface area contributed by atoms with Gasteiger partial charge in [-0.3, -0.25) is 4.79 Å². The van der Waals surface area contributed by atoms with Crippen molar-refractivity contribution in [1.82, 2.24) is 5.32 Å². The van der Waals surface area contributed by atoms with Gasteiger partial charge in [0.25, 0.3) is 0 Å². The monoisotopic (exact) mass is 245 g/mol. The van der Waals surface area contributed by atoms with E-state index in [1.54, 1.807) is 0 Å². The van der Waals surface area contributed by atoms with Crippen molar-refractivity contribution >= 4 is 5.91 Å². The van der Waals surface area contributed by atoms with Gasteiger partial charge in [-0.25, -0.2) is 0 Å². The quantitative estimate of drug-likeness (QED) is 0.599. The van der Waals surface area contributed by atoms with Crippen LogP contribution in [0.25, 0.3) is 0 Å². The third-order valence-electron chi connectivity index (χ3n) is 5.30. The Hall–Kier alpha value is -0.970.